The van der Waals surface area contributed by atoms with Gasteiger partial charge in [0.05, 0.1) is 36.6 Å². The standard InChI is InChI=1S/C29H30ClN3O6/c1-17(37-5)26(27(35)32-21-11-8-18(9-12-21)28(36)39-29(2,3)4)33-16-24(38-6)23(14-25(33)34)22-13-20(30)10-7-19(22)15-31/h7-14,16-17,26H,1-6H3,(H,32,35). The molecule has 10 heteroatoms. The molecule has 1 N–H and O–H groups in total. The molecule has 3 aromatic rings. The number of pyridine rings is 1. The number of hydrogen-bond donors (Lipinski definition) is 1. The Morgan fingerprint density at radius 3 is 2.28 bits per heavy atom. The van der Waals surface area contributed by atoms with Crippen LogP contribution in [-0.4, -0.2) is 42.4 Å². The van der Waals surface area contributed by atoms with Crippen LogP contribution in [0.15, 0.2) is 59.5 Å². The molecule has 0 radical (unpaired) electrons. The van der Waals surface area contributed by atoms with Crippen LogP contribution in [0.25, 0.3) is 11.1 Å². The van der Waals surface area contributed by atoms with Gasteiger partial charge >= 0.3 is 5.97 Å². The molecular formula is C29H30ClN3O6. The number of anilines is 1. The third-order valence-corrected chi connectivity index (χ3v) is 6.06. The van der Waals surface area contributed by atoms with Gasteiger partial charge in [-0.15, -0.1) is 0 Å². The van der Waals surface area contributed by atoms with E-state index in [2.05, 4.69) is 11.4 Å². The third kappa shape index (κ3) is 7.05. The van der Waals surface area contributed by atoms with E-state index in [4.69, 9.17) is 25.8 Å². The summed E-state index contributed by atoms with van der Waals surface area (Å²) in [6, 6.07) is 13.2. The number of hydrogen-bond acceptors (Lipinski definition) is 7. The van der Waals surface area contributed by atoms with Gasteiger partial charge in [0.2, 0.25) is 5.91 Å². The molecule has 0 saturated heterocycles. The first-order valence-corrected chi connectivity index (χ1v) is 12.4. The second kappa shape index (κ2) is 12.2. The minimum atomic E-state index is -1.08. The highest BCUT2D eigenvalue weighted by Gasteiger charge is 2.29. The summed E-state index contributed by atoms with van der Waals surface area (Å²) in [5, 5.41) is 12.7. The second-order valence-corrected chi connectivity index (χ2v) is 10.2. The molecule has 0 aliphatic carbocycles. The predicted molar refractivity (Wildman–Crippen MR) is 148 cm³/mol. The normalized spacial score (nSPS) is 12.7. The van der Waals surface area contributed by atoms with Gasteiger partial charge in [0.15, 0.2) is 0 Å². The fourth-order valence-corrected chi connectivity index (χ4v) is 4.07. The molecule has 2 unspecified atom stereocenters. The van der Waals surface area contributed by atoms with Crippen molar-refractivity contribution in [3.05, 3.63) is 81.2 Å². The highest BCUT2D eigenvalue weighted by Crippen LogP contribution is 2.33. The van der Waals surface area contributed by atoms with Gasteiger partial charge in [-0.2, -0.15) is 5.26 Å². The Hall–Kier alpha value is -4.13. The molecule has 0 saturated carbocycles. The smallest absolute Gasteiger partial charge is 0.338 e. The number of nitrogens with zero attached hydrogens (tertiary/aromatic N) is 2. The van der Waals surface area contributed by atoms with E-state index in [0.717, 1.165) is 0 Å². The SMILES string of the molecule is COc1cn(C(C(=O)Nc2ccc(C(=O)OC(C)(C)C)cc2)C(C)OC)c(=O)cc1-c1cc(Cl)ccc1C#N. The van der Waals surface area contributed by atoms with E-state index in [0.29, 0.717) is 33.0 Å². The van der Waals surface area contributed by atoms with Gasteiger partial charge in [-0.05, 0) is 70.2 Å². The van der Waals surface area contributed by atoms with Crippen molar-refractivity contribution >= 4 is 29.2 Å². The molecule has 1 heterocycles. The highest BCUT2D eigenvalue weighted by molar-refractivity contribution is 6.31. The Morgan fingerprint density at radius 1 is 1.05 bits per heavy atom. The van der Waals surface area contributed by atoms with Crippen molar-refractivity contribution in [3.63, 3.8) is 0 Å². The fourth-order valence-electron chi connectivity index (χ4n) is 3.89. The zero-order valence-corrected chi connectivity index (χ0v) is 23.3. The zero-order valence-electron chi connectivity index (χ0n) is 22.6. The van der Waals surface area contributed by atoms with E-state index in [-0.39, 0.29) is 5.75 Å². The van der Waals surface area contributed by atoms with Gasteiger partial charge in [-0.3, -0.25) is 14.2 Å². The van der Waals surface area contributed by atoms with E-state index < -0.39 is 35.2 Å². The molecule has 0 aliphatic rings. The van der Waals surface area contributed by atoms with Crippen molar-refractivity contribution in [3.8, 4) is 22.9 Å². The number of ether oxygens (including phenoxy) is 3. The Kier molecular flexibility index (Phi) is 9.17. The lowest BCUT2D eigenvalue weighted by molar-refractivity contribution is -0.122. The van der Waals surface area contributed by atoms with Crippen LogP contribution in [0.4, 0.5) is 5.69 Å². The summed E-state index contributed by atoms with van der Waals surface area (Å²) in [7, 11) is 2.85. The van der Waals surface area contributed by atoms with Crippen LogP contribution in [0.1, 0.15) is 49.7 Å². The van der Waals surface area contributed by atoms with Crippen LogP contribution in [0.5, 0.6) is 5.75 Å². The van der Waals surface area contributed by atoms with Crippen molar-refractivity contribution in [2.24, 2.45) is 0 Å². The summed E-state index contributed by atoms with van der Waals surface area (Å²) in [5.41, 5.74) is 0.689. The van der Waals surface area contributed by atoms with Gasteiger partial charge in [-0.25, -0.2) is 4.79 Å². The van der Waals surface area contributed by atoms with Crippen molar-refractivity contribution in [1.29, 1.82) is 5.26 Å². The number of nitrogens with one attached hydrogen (secondary N) is 1. The molecule has 204 valence electrons. The van der Waals surface area contributed by atoms with Crippen LogP contribution in [0, 0.1) is 11.3 Å². The van der Waals surface area contributed by atoms with Crippen LogP contribution < -0.4 is 15.6 Å². The molecule has 3 rings (SSSR count). The van der Waals surface area contributed by atoms with Gasteiger partial charge in [0.1, 0.15) is 17.4 Å². The molecule has 9 nitrogen and oxygen atoms in total. The molecule has 0 bridgehead atoms. The summed E-state index contributed by atoms with van der Waals surface area (Å²) < 4.78 is 17.6. The summed E-state index contributed by atoms with van der Waals surface area (Å²) in [5.74, 6) is -0.743. The molecule has 39 heavy (non-hydrogen) atoms. The Morgan fingerprint density at radius 2 is 1.72 bits per heavy atom. The lowest BCUT2D eigenvalue weighted by atomic mass is 10.00. The lowest BCUT2D eigenvalue weighted by Gasteiger charge is -2.25. The predicted octanol–water partition coefficient (Wildman–Crippen LogP) is 5.22. The largest absolute Gasteiger partial charge is 0.495 e. The molecule has 2 atom stereocenters. The first-order valence-electron chi connectivity index (χ1n) is 12.1. The van der Waals surface area contributed by atoms with Crippen molar-refractivity contribution in [2.75, 3.05) is 19.5 Å². The van der Waals surface area contributed by atoms with E-state index in [1.165, 1.54) is 31.0 Å². The number of aromatic nitrogens is 1. The summed E-state index contributed by atoms with van der Waals surface area (Å²) >= 11 is 6.15. The number of rotatable bonds is 8. The Bertz CT molecular complexity index is 1470. The minimum absolute atomic E-state index is 0.260. The van der Waals surface area contributed by atoms with Gasteiger partial charge in [-0.1, -0.05) is 11.6 Å². The van der Waals surface area contributed by atoms with Gasteiger partial charge < -0.3 is 19.5 Å². The zero-order chi connectivity index (χ0) is 28.9. The first-order chi connectivity index (χ1) is 18.4. The topological polar surface area (TPSA) is 120 Å². The summed E-state index contributed by atoms with van der Waals surface area (Å²) in [6.07, 6.45) is 0.700. The molecule has 0 spiro atoms. The van der Waals surface area contributed by atoms with E-state index in [1.807, 2.05) is 0 Å². The monoisotopic (exact) mass is 551 g/mol. The third-order valence-electron chi connectivity index (χ3n) is 5.83. The average molecular weight is 552 g/mol. The van der Waals surface area contributed by atoms with E-state index in [1.54, 1.807) is 70.2 Å². The van der Waals surface area contributed by atoms with Crippen LogP contribution in [0.3, 0.4) is 0 Å². The Labute approximate surface area is 231 Å². The number of methoxy groups -OCH3 is 2. The Balaban J connectivity index is 1.97. The maximum Gasteiger partial charge on any atom is 0.338 e. The fraction of sp³-hybridized carbons (Fsp3) is 0.310. The number of benzene rings is 2. The van der Waals surface area contributed by atoms with Crippen LogP contribution in [-0.2, 0) is 14.3 Å². The van der Waals surface area contributed by atoms with Crippen LogP contribution >= 0.6 is 11.6 Å². The summed E-state index contributed by atoms with van der Waals surface area (Å²) in [4.78, 5) is 39.1. The molecule has 0 fully saturated rings. The van der Waals surface area contributed by atoms with E-state index >= 15 is 0 Å². The maximum atomic E-state index is 13.4. The number of carbonyl (C=O) groups is 2. The number of esters is 1. The minimum Gasteiger partial charge on any atom is -0.495 e. The quantitative estimate of drug-likeness (QED) is 0.381. The molecule has 1 amide bonds. The molecule has 2 aromatic carbocycles. The number of carbonyl (C=O) groups excluding carboxylic acids is 2. The van der Waals surface area contributed by atoms with Gasteiger partial charge in [0.25, 0.3) is 5.56 Å². The summed E-state index contributed by atoms with van der Waals surface area (Å²) in [6.45, 7) is 6.99. The molecule has 1 aromatic heterocycles. The number of nitriles is 1. The highest BCUT2D eigenvalue weighted by atomic mass is 35.5. The first kappa shape index (κ1) is 29.4. The van der Waals surface area contributed by atoms with Gasteiger partial charge in [0, 0.05) is 35.0 Å². The van der Waals surface area contributed by atoms with Crippen LogP contribution in [0.2, 0.25) is 5.02 Å². The van der Waals surface area contributed by atoms with E-state index in [9.17, 15) is 19.6 Å². The van der Waals surface area contributed by atoms with Crippen molar-refractivity contribution in [1.82, 2.24) is 4.57 Å². The number of amides is 1. The maximum absolute atomic E-state index is 13.4. The second-order valence-electron chi connectivity index (χ2n) is 9.76. The molecule has 0 aliphatic heterocycles. The lowest BCUT2D eigenvalue weighted by Crippen LogP contribution is -2.39. The van der Waals surface area contributed by atoms with Crippen molar-refractivity contribution < 1.29 is 23.8 Å². The van der Waals surface area contributed by atoms with Crippen molar-refractivity contribution in [2.45, 2.75) is 45.4 Å². The molecular weight excluding hydrogens is 522 g/mol. The average Bonchev–Trinajstić information content (AvgIpc) is 2.88. The number of halogens is 1.